The lowest BCUT2D eigenvalue weighted by atomic mass is 10.0. The SMILES string of the molecule is O=C(Nc1ccccc1N1CCCC1=O)C1CCCCN1. The molecule has 0 aromatic heterocycles. The minimum Gasteiger partial charge on any atom is -0.323 e. The van der Waals surface area contributed by atoms with E-state index in [-0.39, 0.29) is 17.9 Å². The van der Waals surface area contributed by atoms with Crippen molar-refractivity contribution >= 4 is 23.2 Å². The van der Waals surface area contributed by atoms with Crippen LogP contribution in [0.1, 0.15) is 32.1 Å². The van der Waals surface area contributed by atoms with Crippen molar-refractivity contribution in [3.05, 3.63) is 24.3 Å². The third-order valence-corrected chi connectivity index (χ3v) is 4.15. The van der Waals surface area contributed by atoms with Crippen molar-refractivity contribution in [2.24, 2.45) is 0 Å². The molecule has 1 aromatic rings. The van der Waals surface area contributed by atoms with Gasteiger partial charge in [-0.3, -0.25) is 9.59 Å². The monoisotopic (exact) mass is 287 g/mol. The van der Waals surface area contributed by atoms with Gasteiger partial charge in [-0.05, 0) is 37.9 Å². The standard InChI is InChI=1S/C16H21N3O2/c20-15-9-5-11-19(15)14-8-2-1-6-12(14)18-16(21)13-7-3-4-10-17-13/h1-2,6,8,13,17H,3-5,7,9-11H2,(H,18,21). The number of carbonyl (C=O) groups excluding carboxylic acids is 2. The number of anilines is 2. The highest BCUT2D eigenvalue weighted by atomic mass is 16.2. The van der Waals surface area contributed by atoms with E-state index in [9.17, 15) is 9.59 Å². The zero-order valence-corrected chi connectivity index (χ0v) is 12.1. The van der Waals surface area contributed by atoms with Crippen molar-refractivity contribution in [3.63, 3.8) is 0 Å². The minimum absolute atomic E-state index is 0.00574. The van der Waals surface area contributed by atoms with Crippen LogP contribution in [0.25, 0.3) is 0 Å². The van der Waals surface area contributed by atoms with Gasteiger partial charge in [0.1, 0.15) is 0 Å². The van der Waals surface area contributed by atoms with Crippen LogP contribution in [0.3, 0.4) is 0 Å². The molecule has 2 fully saturated rings. The van der Waals surface area contributed by atoms with E-state index in [1.165, 1.54) is 0 Å². The van der Waals surface area contributed by atoms with Crippen molar-refractivity contribution < 1.29 is 9.59 Å². The van der Waals surface area contributed by atoms with Crippen LogP contribution in [0.2, 0.25) is 0 Å². The van der Waals surface area contributed by atoms with E-state index in [1.54, 1.807) is 4.90 Å². The maximum atomic E-state index is 12.3. The Morgan fingerprint density at radius 3 is 2.81 bits per heavy atom. The van der Waals surface area contributed by atoms with Gasteiger partial charge in [-0.25, -0.2) is 0 Å². The van der Waals surface area contributed by atoms with Crippen LogP contribution in [0.4, 0.5) is 11.4 Å². The van der Waals surface area contributed by atoms with Crippen LogP contribution < -0.4 is 15.5 Å². The normalized spacial score (nSPS) is 22.4. The molecule has 5 heteroatoms. The van der Waals surface area contributed by atoms with Gasteiger partial charge >= 0.3 is 0 Å². The topological polar surface area (TPSA) is 61.4 Å². The number of hydrogen-bond acceptors (Lipinski definition) is 3. The molecular weight excluding hydrogens is 266 g/mol. The molecule has 0 saturated carbocycles. The van der Waals surface area contributed by atoms with Gasteiger partial charge < -0.3 is 15.5 Å². The van der Waals surface area contributed by atoms with Crippen molar-refractivity contribution in [3.8, 4) is 0 Å². The van der Waals surface area contributed by atoms with E-state index in [1.807, 2.05) is 24.3 Å². The first-order valence-corrected chi connectivity index (χ1v) is 7.69. The summed E-state index contributed by atoms with van der Waals surface area (Å²) in [6.45, 7) is 1.62. The molecule has 2 aliphatic rings. The second kappa shape index (κ2) is 6.26. The maximum Gasteiger partial charge on any atom is 0.241 e. The van der Waals surface area contributed by atoms with Crippen LogP contribution in [-0.2, 0) is 9.59 Å². The van der Waals surface area contributed by atoms with E-state index < -0.39 is 0 Å². The Kier molecular flexibility index (Phi) is 4.20. The molecule has 0 radical (unpaired) electrons. The summed E-state index contributed by atoms with van der Waals surface area (Å²) in [5.74, 6) is 0.126. The van der Waals surface area contributed by atoms with Crippen molar-refractivity contribution in [2.75, 3.05) is 23.3 Å². The Balaban J connectivity index is 1.75. The number of carbonyl (C=O) groups is 2. The number of amides is 2. The Morgan fingerprint density at radius 2 is 2.10 bits per heavy atom. The molecular formula is C16H21N3O2. The molecule has 0 bridgehead atoms. The second-order valence-corrected chi connectivity index (χ2v) is 5.66. The third kappa shape index (κ3) is 3.08. The Labute approximate surface area is 124 Å². The summed E-state index contributed by atoms with van der Waals surface area (Å²) in [5, 5.41) is 6.23. The van der Waals surface area contributed by atoms with Crippen molar-refractivity contribution in [1.82, 2.24) is 5.32 Å². The molecule has 3 rings (SSSR count). The average molecular weight is 287 g/mol. The molecule has 2 saturated heterocycles. The largest absolute Gasteiger partial charge is 0.323 e. The highest BCUT2D eigenvalue weighted by molar-refractivity contribution is 6.03. The van der Waals surface area contributed by atoms with Crippen LogP contribution in [0.15, 0.2) is 24.3 Å². The first-order valence-electron chi connectivity index (χ1n) is 7.69. The minimum atomic E-state index is -0.124. The van der Waals surface area contributed by atoms with E-state index >= 15 is 0 Å². The van der Waals surface area contributed by atoms with E-state index in [2.05, 4.69) is 10.6 Å². The average Bonchev–Trinajstić information content (AvgIpc) is 2.95. The number of piperidine rings is 1. The lowest BCUT2D eigenvalue weighted by molar-refractivity contribution is -0.119. The summed E-state index contributed by atoms with van der Waals surface area (Å²) >= 11 is 0. The summed E-state index contributed by atoms with van der Waals surface area (Å²) in [4.78, 5) is 26.0. The van der Waals surface area contributed by atoms with Crippen molar-refractivity contribution in [1.29, 1.82) is 0 Å². The molecule has 2 aliphatic heterocycles. The Hall–Kier alpha value is -1.88. The molecule has 21 heavy (non-hydrogen) atoms. The molecule has 112 valence electrons. The number of para-hydroxylation sites is 2. The summed E-state index contributed by atoms with van der Waals surface area (Å²) in [7, 11) is 0. The highest BCUT2D eigenvalue weighted by Gasteiger charge is 2.26. The van der Waals surface area contributed by atoms with Gasteiger partial charge in [0.15, 0.2) is 0 Å². The van der Waals surface area contributed by atoms with E-state index in [0.29, 0.717) is 6.42 Å². The number of nitrogens with zero attached hydrogens (tertiary/aromatic N) is 1. The van der Waals surface area contributed by atoms with Gasteiger partial charge in [0.25, 0.3) is 0 Å². The Morgan fingerprint density at radius 1 is 1.24 bits per heavy atom. The van der Waals surface area contributed by atoms with Gasteiger partial charge in [0.05, 0.1) is 17.4 Å². The lowest BCUT2D eigenvalue weighted by Gasteiger charge is -2.24. The smallest absolute Gasteiger partial charge is 0.241 e. The first-order chi connectivity index (χ1) is 10.3. The Bertz CT molecular complexity index is 538. The molecule has 2 N–H and O–H groups in total. The molecule has 0 spiro atoms. The molecule has 5 nitrogen and oxygen atoms in total. The van der Waals surface area contributed by atoms with Crippen LogP contribution >= 0.6 is 0 Å². The van der Waals surface area contributed by atoms with Gasteiger partial charge in [0, 0.05) is 13.0 Å². The van der Waals surface area contributed by atoms with Gasteiger partial charge in [-0.15, -0.1) is 0 Å². The van der Waals surface area contributed by atoms with E-state index in [0.717, 1.165) is 50.1 Å². The van der Waals surface area contributed by atoms with Gasteiger partial charge in [-0.2, -0.15) is 0 Å². The number of nitrogens with one attached hydrogen (secondary N) is 2. The summed E-state index contributed by atoms with van der Waals surface area (Å²) < 4.78 is 0. The first kappa shape index (κ1) is 14.1. The van der Waals surface area contributed by atoms with Crippen LogP contribution in [-0.4, -0.2) is 30.9 Å². The molecule has 1 atom stereocenters. The fraction of sp³-hybridized carbons (Fsp3) is 0.500. The second-order valence-electron chi connectivity index (χ2n) is 5.66. The molecule has 1 aromatic carbocycles. The zero-order chi connectivity index (χ0) is 14.7. The lowest BCUT2D eigenvalue weighted by Crippen LogP contribution is -2.43. The summed E-state index contributed by atoms with van der Waals surface area (Å²) in [6.07, 6.45) is 4.55. The van der Waals surface area contributed by atoms with Gasteiger partial charge in [-0.1, -0.05) is 18.6 Å². The van der Waals surface area contributed by atoms with Crippen LogP contribution in [0.5, 0.6) is 0 Å². The van der Waals surface area contributed by atoms with Gasteiger partial charge in [0.2, 0.25) is 11.8 Å². The van der Waals surface area contributed by atoms with E-state index in [4.69, 9.17) is 0 Å². The predicted molar refractivity (Wildman–Crippen MR) is 82.3 cm³/mol. The number of hydrogen-bond donors (Lipinski definition) is 2. The fourth-order valence-corrected chi connectivity index (χ4v) is 3.01. The number of rotatable bonds is 3. The van der Waals surface area contributed by atoms with Crippen LogP contribution in [0, 0.1) is 0 Å². The molecule has 2 heterocycles. The zero-order valence-electron chi connectivity index (χ0n) is 12.1. The summed E-state index contributed by atoms with van der Waals surface area (Å²) in [6, 6.07) is 7.42. The predicted octanol–water partition coefficient (Wildman–Crippen LogP) is 1.89. The quantitative estimate of drug-likeness (QED) is 0.892. The fourth-order valence-electron chi connectivity index (χ4n) is 3.01. The molecule has 2 amide bonds. The number of benzene rings is 1. The molecule has 1 unspecified atom stereocenters. The van der Waals surface area contributed by atoms with Crippen molar-refractivity contribution in [2.45, 2.75) is 38.1 Å². The maximum absolute atomic E-state index is 12.3. The third-order valence-electron chi connectivity index (χ3n) is 4.15. The highest BCUT2D eigenvalue weighted by Crippen LogP contribution is 2.29. The summed E-state index contributed by atoms with van der Waals surface area (Å²) in [5.41, 5.74) is 1.54. The molecule has 0 aliphatic carbocycles.